The van der Waals surface area contributed by atoms with E-state index in [2.05, 4.69) is 56.4 Å². The van der Waals surface area contributed by atoms with Crippen molar-refractivity contribution < 1.29 is 0 Å². The maximum absolute atomic E-state index is 3.82. The summed E-state index contributed by atoms with van der Waals surface area (Å²) in [5.74, 6) is 0.861. The third kappa shape index (κ3) is 3.09. The molecule has 0 amide bonds. The van der Waals surface area contributed by atoms with Crippen molar-refractivity contribution in [2.75, 3.05) is 6.54 Å². The second kappa shape index (κ2) is 7.26. The fourth-order valence-electron chi connectivity index (χ4n) is 3.87. The molecule has 0 radical (unpaired) electrons. The van der Waals surface area contributed by atoms with Crippen LogP contribution in [0.3, 0.4) is 0 Å². The van der Waals surface area contributed by atoms with Crippen molar-refractivity contribution in [3.63, 3.8) is 0 Å². The van der Waals surface area contributed by atoms with Crippen LogP contribution in [0.15, 0.2) is 30.3 Å². The monoisotopic (exact) mass is 273 g/mol. The Kier molecular flexibility index (Phi) is 5.65. The first kappa shape index (κ1) is 15.6. The zero-order valence-corrected chi connectivity index (χ0v) is 13.5. The molecule has 1 heteroatoms. The Balaban J connectivity index is 2.21. The van der Waals surface area contributed by atoms with Crippen molar-refractivity contribution in [1.29, 1.82) is 0 Å². The third-order valence-corrected chi connectivity index (χ3v) is 5.44. The lowest BCUT2D eigenvalue weighted by Gasteiger charge is -2.49. The highest BCUT2D eigenvalue weighted by molar-refractivity contribution is 5.30. The first-order valence-electron chi connectivity index (χ1n) is 8.55. The van der Waals surface area contributed by atoms with Crippen LogP contribution in [-0.2, 0) is 5.41 Å². The topological polar surface area (TPSA) is 12.0 Å². The summed E-state index contributed by atoms with van der Waals surface area (Å²) in [7, 11) is 0. The second-order valence-electron chi connectivity index (χ2n) is 6.40. The average molecular weight is 273 g/mol. The maximum atomic E-state index is 3.82. The van der Waals surface area contributed by atoms with Gasteiger partial charge in [0.2, 0.25) is 0 Å². The molecule has 112 valence electrons. The van der Waals surface area contributed by atoms with Crippen molar-refractivity contribution in [1.82, 2.24) is 5.32 Å². The van der Waals surface area contributed by atoms with Gasteiger partial charge >= 0.3 is 0 Å². The summed E-state index contributed by atoms with van der Waals surface area (Å²) < 4.78 is 0. The van der Waals surface area contributed by atoms with Gasteiger partial charge in [0.1, 0.15) is 0 Å². The molecular weight excluding hydrogens is 242 g/mol. The molecule has 1 fully saturated rings. The van der Waals surface area contributed by atoms with Crippen LogP contribution in [0.5, 0.6) is 0 Å². The molecule has 2 rings (SSSR count). The van der Waals surface area contributed by atoms with Crippen LogP contribution in [-0.4, -0.2) is 12.6 Å². The van der Waals surface area contributed by atoms with E-state index < -0.39 is 0 Å². The van der Waals surface area contributed by atoms with Crippen LogP contribution in [0.25, 0.3) is 0 Å². The molecule has 0 saturated heterocycles. The quantitative estimate of drug-likeness (QED) is 0.709. The van der Waals surface area contributed by atoms with E-state index in [1.807, 2.05) is 0 Å². The number of hydrogen-bond donors (Lipinski definition) is 1. The molecule has 1 atom stereocenters. The lowest BCUT2D eigenvalue weighted by Crippen LogP contribution is -2.53. The number of likely N-dealkylation sites (N-methyl/N-ethyl adjacent to an activating group) is 1. The van der Waals surface area contributed by atoms with Gasteiger partial charge in [0.05, 0.1) is 0 Å². The average Bonchev–Trinajstić information content (AvgIpc) is 2.44. The summed E-state index contributed by atoms with van der Waals surface area (Å²) in [6.45, 7) is 8.01. The largest absolute Gasteiger partial charge is 0.313 e. The number of benzene rings is 1. The highest BCUT2D eigenvalue weighted by Gasteiger charge is 2.45. The number of hydrogen-bond acceptors (Lipinski definition) is 1. The first-order chi connectivity index (χ1) is 9.76. The van der Waals surface area contributed by atoms with Crippen LogP contribution in [0.2, 0.25) is 0 Å². The Bertz CT molecular complexity index is 376. The molecule has 20 heavy (non-hydrogen) atoms. The van der Waals surface area contributed by atoms with E-state index in [-0.39, 0.29) is 0 Å². The Morgan fingerprint density at radius 3 is 2.15 bits per heavy atom. The smallest absolute Gasteiger partial charge is 0.0166 e. The molecule has 0 aliphatic heterocycles. The van der Waals surface area contributed by atoms with Crippen molar-refractivity contribution in [3.8, 4) is 0 Å². The molecule has 1 saturated carbocycles. The van der Waals surface area contributed by atoms with Crippen LogP contribution in [0.4, 0.5) is 0 Å². The molecule has 1 aliphatic rings. The minimum Gasteiger partial charge on any atom is -0.313 e. The molecule has 1 unspecified atom stereocenters. The molecule has 0 spiro atoms. The summed E-state index contributed by atoms with van der Waals surface area (Å²) in [5, 5.41) is 3.82. The van der Waals surface area contributed by atoms with E-state index in [9.17, 15) is 0 Å². The van der Waals surface area contributed by atoms with Gasteiger partial charge in [-0.25, -0.2) is 0 Å². The zero-order chi connectivity index (χ0) is 14.4. The predicted molar refractivity (Wildman–Crippen MR) is 88.1 cm³/mol. The first-order valence-corrected chi connectivity index (χ1v) is 8.55. The van der Waals surface area contributed by atoms with E-state index in [4.69, 9.17) is 0 Å². The second-order valence-corrected chi connectivity index (χ2v) is 6.40. The molecule has 1 aromatic rings. The van der Waals surface area contributed by atoms with Gasteiger partial charge < -0.3 is 5.32 Å². The van der Waals surface area contributed by atoms with Crippen LogP contribution in [0, 0.1) is 5.92 Å². The number of rotatable bonds is 8. The van der Waals surface area contributed by atoms with Crippen molar-refractivity contribution in [2.45, 2.75) is 70.8 Å². The molecule has 1 aromatic carbocycles. The standard InChI is InChI=1S/C19H31N/c1-4-16(5-2)15-18(20-6-3)19(13-10-14-19)17-11-8-7-9-12-17/h7-9,11-12,16,18,20H,4-6,10,13-15H2,1-3H3. The van der Waals surface area contributed by atoms with Crippen LogP contribution in [0.1, 0.15) is 64.9 Å². The Morgan fingerprint density at radius 1 is 1.05 bits per heavy atom. The normalized spacial score (nSPS) is 18.8. The van der Waals surface area contributed by atoms with E-state index in [0.717, 1.165) is 12.5 Å². The van der Waals surface area contributed by atoms with Gasteiger partial charge in [-0.05, 0) is 37.3 Å². The summed E-state index contributed by atoms with van der Waals surface area (Å²) >= 11 is 0. The van der Waals surface area contributed by atoms with Gasteiger partial charge in [0.25, 0.3) is 0 Å². The SMILES string of the molecule is CCNC(CC(CC)CC)C1(c2ccccc2)CCC1. The minimum atomic E-state index is 0.403. The minimum absolute atomic E-state index is 0.403. The van der Waals surface area contributed by atoms with Crippen molar-refractivity contribution in [3.05, 3.63) is 35.9 Å². The summed E-state index contributed by atoms with van der Waals surface area (Å²) in [4.78, 5) is 0. The molecule has 0 heterocycles. The third-order valence-electron chi connectivity index (χ3n) is 5.44. The molecule has 1 N–H and O–H groups in total. The Labute approximate surface area is 125 Å². The Morgan fingerprint density at radius 2 is 1.70 bits per heavy atom. The molecule has 1 nitrogen and oxygen atoms in total. The summed E-state index contributed by atoms with van der Waals surface area (Å²) in [6.07, 6.45) is 8.05. The van der Waals surface area contributed by atoms with Gasteiger partial charge in [-0.1, -0.05) is 70.4 Å². The van der Waals surface area contributed by atoms with E-state index >= 15 is 0 Å². The summed E-state index contributed by atoms with van der Waals surface area (Å²) in [6, 6.07) is 11.9. The summed E-state index contributed by atoms with van der Waals surface area (Å²) in [5.41, 5.74) is 1.96. The lowest BCUT2D eigenvalue weighted by molar-refractivity contribution is 0.146. The highest BCUT2D eigenvalue weighted by atomic mass is 14.9. The molecule has 0 bridgehead atoms. The van der Waals surface area contributed by atoms with Crippen LogP contribution < -0.4 is 5.32 Å². The number of nitrogens with one attached hydrogen (secondary N) is 1. The molecule has 0 aromatic heterocycles. The predicted octanol–water partition coefficient (Wildman–Crippen LogP) is 4.91. The van der Waals surface area contributed by atoms with Crippen molar-refractivity contribution in [2.24, 2.45) is 5.92 Å². The Hall–Kier alpha value is -0.820. The van der Waals surface area contributed by atoms with Gasteiger partial charge in [0, 0.05) is 11.5 Å². The fourth-order valence-corrected chi connectivity index (χ4v) is 3.87. The highest BCUT2D eigenvalue weighted by Crippen LogP contribution is 2.48. The van der Waals surface area contributed by atoms with Gasteiger partial charge in [-0.15, -0.1) is 0 Å². The van der Waals surface area contributed by atoms with Gasteiger partial charge in [-0.2, -0.15) is 0 Å². The molecule has 1 aliphatic carbocycles. The van der Waals surface area contributed by atoms with Crippen molar-refractivity contribution >= 4 is 0 Å². The van der Waals surface area contributed by atoms with E-state index in [1.165, 1.54) is 38.5 Å². The van der Waals surface area contributed by atoms with E-state index in [1.54, 1.807) is 5.56 Å². The molecular formula is C19H31N. The fraction of sp³-hybridized carbons (Fsp3) is 0.684. The van der Waals surface area contributed by atoms with E-state index in [0.29, 0.717) is 11.5 Å². The van der Waals surface area contributed by atoms with Gasteiger partial charge in [0.15, 0.2) is 0 Å². The van der Waals surface area contributed by atoms with Gasteiger partial charge in [-0.3, -0.25) is 0 Å². The van der Waals surface area contributed by atoms with Crippen LogP contribution >= 0.6 is 0 Å². The maximum Gasteiger partial charge on any atom is 0.0166 e. The zero-order valence-electron chi connectivity index (χ0n) is 13.5. The lowest BCUT2D eigenvalue weighted by atomic mass is 9.58.